The summed E-state index contributed by atoms with van der Waals surface area (Å²) < 4.78 is 5.27. The lowest BCUT2D eigenvalue weighted by Gasteiger charge is -2.23. The van der Waals surface area contributed by atoms with Crippen molar-refractivity contribution >= 4 is 0 Å². The second-order valence-corrected chi connectivity index (χ2v) is 5.34. The maximum atomic E-state index is 5.97. The summed E-state index contributed by atoms with van der Waals surface area (Å²) in [5.41, 5.74) is 5.97. The molecule has 4 heteroatoms. The van der Waals surface area contributed by atoms with E-state index in [-0.39, 0.29) is 6.04 Å². The van der Waals surface area contributed by atoms with Crippen molar-refractivity contribution in [2.24, 2.45) is 11.7 Å². The molecule has 0 aromatic carbocycles. The van der Waals surface area contributed by atoms with E-state index in [0.29, 0.717) is 11.8 Å². The van der Waals surface area contributed by atoms with Gasteiger partial charge in [-0.2, -0.15) is 4.98 Å². The van der Waals surface area contributed by atoms with Gasteiger partial charge in [-0.3, -0.25) is 0 Å². The Labute approximate surface area is 103 Å². The van der Waals surface area contributed by atoms with Gasteiger partial charge in [0.1, 0.15) is 0 Å². The van der Waals surface area contributed by atoms with Gasteiger partial charge in [0, 0.05) is 5.92 Å². The number of nitrogens with two attached hydrogens (primary N) is 1. The molecule has 1 aromatic heterocycles. The summed E-state index contributed by atoms with van der Waals surface area (Å²) in [6, 6.07) is -0.0937. The zero-order chi connectivity index (χ0) is 12.3. The second kappa shape index (κ2) is 5.63. The molecule has 96 valence electrons. The van der Waals surface area contributed by atoms with Crippen LogP contribution in [0.4, 0.5) is 0 Å². The Balaban J connectivity index is 1.98. The average molecular weight is 237 g/mol. The molecule has 2 rings (SSSR count). The Kier molecular flexibility index (Phi) is 4.15. The number of aromatic nitrogens is 2. The molecule has 0 radical (unpaired) electrons. The van der Waals surface area contributed by atoms with Crippen LogP contribution < -0.4 is 5.73 Å². The monoisotopic (exact) mass is 237 g/mol. The van der Waals surface area contributed by atoms with Crippen LogP contribution in [0.25, 0.3) is 0 Å². The highest BCUT2D eigenvalue weighted by atomic mass is 16.5. The third-order valence-electron chi connectivity index (χ3n) is 3.76. The van der Waals surface area contributed by atoms with Gasteiger partial charge >= 0.3 is 0 Å². The van der Waals surface area contributed by atoms with E-state index in [9.17, 15) is 0 Å². The fraction of sp³-hybridized carbons (Fsp3) is 0.846. The van der Waals surface area contributed by atoms with Gasteiger partial charge in [0.25, 0.3) is 0 Å². The van der Waals surface area contributed by atoms with E-state index in [4.69, 9.17) is 10.3 Å². The first-order valence-corrected chi connectivity index (χ1v) is 6.79. The quantitative estimate of drug-likeness (QED) is 0.873. The third-order valence-corrected chi connectivity index (χ3v) is 3.76. The molecule has 1 saturated carbocycles. The van der Waals surface area contributed by atoms with E-state index in [1.54, 1.807) is 0 Å². The number of rotatable bonds is 4. The molecule has 0 spiro atoms. The molecule has 1 heterocycles. The van der Waals surface area contributed by atoms with Crippen molar-refractivity contribution < 1.29 is 4.52 Å². The minimum atomic E-state index is -0.0937. The van der Waals surface area contributed by atoms with Gasteiger partial charge < -0.3 is 10.3 Å². The molecule has 0 saturated heterocycles. The van der Waals surface area contributed by atoms with Gasteiger partial charge in [-0.05, 0) is 25.2 Å². The van der Waals surface area contributed by atoms with Gasteiger partial charge in [-0.1, -0.05) is 38.3 Å². The number of hydrogen-bond acceptors (Lipinski definition) is 4. The van der Waals surface area contributed by atoms with Crippen molar-refractivity contribution in [1.29, 1.82) is 0 Å². The first-order valence-electron chi connectivity index (χ1n) is 6.79. The Bertz CT molecular complexity index is 342. The van der Waals surface area contributed by atoms with Crippen LogP contribution in [0.5, 0.6) is 0 Å². The number of nitrogens with zero attached hydrogens (tertiary/aromatic N) is 2. The van der Waals surface area contributed by atoms with Crippen LogP contribution >= 0.6 is 0 Å². The van der Waals surface area contributed by atoms with Crippen LogP contribution in [0.1, 0.15) is 76.0 Å². The third kappa shape index (κ3) is 3.06. The van der Waals surface area contributed by atoms with Crippen LogP contribution in [0.15, 0.2) is 4.52 Å². The summed E-state index contributed by atoms with van der Waals surface area (Å²) in [4.78, 5) is 4.47. The summed E-state index contributed by atoms with van der Waals surface area (Å²) >= 11 is 0. The standard InChI is InChI=1S/C13H23N3O/c1-3-4-11(14)13-15-12(16-17-13)10-7-5-9(2)6-8-10/h9-11H,3-8,14H2,1-2H3/t9?,10?,11-/m0/s1. The van der Waals surface area contributed by atoms with E-state index in [2.05, 4.69) is 24.0 Å². The van der Waals surface area contributed by atoms with Crippen molar-refractivity contribution in [3.05, 3.63) is 11.7 Å². The molecule has 17 heavy (non-hydrogen) atoms. The van der Waals surface area contributed by atoms with Gasteiger partial charge in [0.05, 0.1) is 6.04 Å². The van der Waals surface area contributed by atoms with Crippen molar-refractivity contribution in [2.75, 3.05) is 0 Å². The molecule has 1 aromatic rings. The smallest absolute Gasteiger partial charge is 0.243 e. The molecular formula is C13H23N3O. The van der Waals surface area contributed by atoms with Crippen LogP contribution in [-0.4, -0.2) is 10.1 Å². The van der Waals surface area contributed by atoms with Gasteiger partial charge in [-0.25, -0.2) is 0 Å². The molecule has 0 bridgehead atoms. The predicted octanol–water partition coefficient (Wildman–Crippen LogP) is 3.16. The first kappa shape index (κ1) is 12.6. The molecule has 0 unspecified atom stereocenters. The van der Waals surface area contributed by atoms with E-state index < -0.39 is 0 Å². The molecule has 1 fully saturated rings. The van der Waals surface area contributed by atoms with E-state index in [1.165, 1.54) is 25.7 Å². The predicted molar refractivity (Wildman–Crippen MR) is 66.5 cm³/mol. The van der Waals surface area contributed by atoms with Crippen LogP contribution in [0.2, 0.25) is 0 Å². The zero-order valence-corrected chi connectivity index (χ0v) is 10.9. The van der Waals surface area contributed by atoms with Gasteiger partial charge in [0.15, 0.2) is 5.82 Å². The largest absolute Gasteiger partial charge is 0.338 e. The van der Waals surface area contributed by atoms with Crippen molar-refractivity contribution in [1.82, 2.24) is 10.1 Å². The minimum Gasteiger partial charge on any atom is -0.338 e. The summed E-state index contributed by atoms with van der Waals surface area (Å²) in [5.74, 6) is 2.82. The summed E-state index contributed by atoms with van der Waals surface area (Å²) in [6.07, 6.45) is 6.86. The summed E-state index contributed by atoms with van der Waals surface area (Å²) in [6.45, 7) is 4.43. The molecule has 1 aliphatic carbocycles. The molecular weight excluding hydrogens is 214 g/mol. The second-order valence-electron chi connectivity index (χ2n) is 5.34. The van der Waals surface area contributed by atoms with Crippen LogP contribution in [-0.2, 0) is 0 Å². The highest BCUT2D eigenvalue weighted by molar-refractivity contribution is 4.99. The van der Waals surface area contributed by atoms with Crippen molar-refractivity contribution in [3.8, 4) is 0 Å². The topological polar surface area (TPSA) is 64.9 Å². The van der Waals surface area contributed by atoms with E-state index >= 15 is 0 Å². The highest BCUT2D eigenvalue weighted by Crippen LogP contribution is 2.34. The van der Waals surface area contributed by atoms with E-state index in [1.807, 2.05) is 0 Å². The van der Waals surface area contributed by atoms with E-state index in [0.717, 1.165) is 24.6 Å². The average Bonchev–Trinajstić information content (AvgIpc) is 2.80. The molecule has 1 atom stereocenters. The van der Waals surface area contributed by atoms with Crippen LogP contribution in [0.3, 0.4) is 0 Å². The maximum Gasteiger partial charge on any atom is 0.243 e. The molecule has 0 amide bonds. The first-order chi connectivity index (χ1) is 8.20. The Morgan fingerprint density at radius 2 is 2.06 bits per heavy atom. The van der Waals surface area contributed by atoms with Crippen molar-refractivity contribution in [3.63, 3.8) is 0 Å². The lowest BCUT2D eigenvalue weighted by Crippen LogP contribution is -2.13. The molecule has 2 N–H and O–H groups in total. The lowest BCUT2D eigenvalue weighted by atomic mass is 9.83. The normalized spacial score (nSPS) is 27.0. The van der Waals surface area contributed by atoms with Crippen molar-refractivity contribution in [2.45, 2.75) is 64.3 Å². The Hall–Kier alpha value is -0.900. The minimum absolute atomic E-state index is 0.0937. The number of hydrogen-bond donors (Lipinski definition) is 1. The highest BCUT2D eigenvalue weighted by Gasteiger charge is 2.24. The molecule has 1 aliphatic rings. The summed E-state index contributed by atoms with van der Waals surface area (Å²) in [5, 5.41) is 4.10. The fourth-order valence-corrected chi connectivity index (χ4v) is 2.52. The Morgan fingerprint density at radius 3 is 2.71 bits per heavy atom. The molecule has 4 nitrogen and oxygen atoms in total. The van der Waals surface area contributed by atoms with Gasteiger partial charge in [-0.15, -0.1) is 0 Å². The Morgan fingerprint density at radius 1 is 1.35 bits per heavy atom. The lowest BCUT2D eigenvalue weighted by molar-refractivity contribution is 0.317. The fourth-order valence-electron chi connectivity index (χ4n) is 2.52. The van der Waals surface area contributed by atoms with Crippen LogP contribution in [0, 0.1) is 5.92 Å². The molecule has 0 aliphatic heterocycles. The maximum absolute atomic E-state index is 5.97. The SMILES string of the molecule is CCC[C@H](N)c1nc(C2CCC(C)CC2)no1. The zero-order valence-electron chi connectivity index (χ0n) is 10.9. The summed E-state index contributed by atoms with van der Waals surface area (Å²) in [7, 11) is 0. The van der Waals surface area contributed by atoms with Gasteiger partial charge in [0.2, 0.25) is 5.89 Å².